The normalized spacial score (nSPS) is 51.4. The second-order valence-corrected chi connectivity index (χ2v) is 4.88. The lowest BCUT2D eigenvalue weighted by atomic mass is 10.0. The second-order valence-electron chi connectivity index (χ2n) is 4.88. The third-order valence-corrected chi connectivity index (χ3v) is 3.37. The summed E-state index contributed by atoms with van der Waals surface area (Å²) >= 11 is 0. The molecule has 0 spiro atoms. The molecule has 84 valence electrons. The zero-order valence-corrected chi connectivity index (χ0v) is 8.67. The summed E-state index contributed by atoms with van der Waals surface area (Å²) in [6, 6.07) is 0. The highest BCUT2D eigenvalue weighted by Crippen LogP contribution is 2.46. The zero-order chi connectivity index (χ0) is 10.8. The molecule has 3 aliphatic rings. The Balaban J connectivity index is 1.83. The van der Waals surface area contributed by atoms with Crippen molar-refractivity contribution in [2.45, 2.75) is 50.5 Å². The molecule has 0 unspecified atom stereocenters. The van der Waals surface area contributed by atoms with Crippen LogP contribution >= 0.6 is 0 Å². The number of hydrogen-bond donors (Lipinski definition) is 1. The summed E-state index contributed by atoms with van der Waals surface area (Å²) in [6.07, 6.45) is -0.981. The maximum absolute atomic E-state index is 11.2. The molecule has 3 fully saturated rings. The Morgan fingerprint density at radius 1 is 1.33 bits per heavy atom. The number of carbonyl (C=O) groups is 1. The largest absolute Gasteiger partial charge is 0.457 e. The van der Waals surface area contributed by atoms with E-state index >= 15 is 0 Å². The van der Waals surface area contributed by atoms with Crippen molar-refractivity contribution in [3.63, 3.8) is 0 Å². The molecule has 1 aliphatic carbocycles. The zero-order valence-electron chi connectivity index (χ0n) is 8.67. The molecule has 0 aromatic carbocycles. The molecule has 1 saturated carbocycles. The van der Waals surface area contributed by atoms with Crippen LogP contribution < -0.4 is 0 Å². The molecule has 5 nitrogen and oxygen atoms in total. The van der Waals surface area contributed by atoms with Gasteiger partial charge in [-0.05, 0) is 20.3 Å². The van der Waals surface area contributed by atoms with Gasteiger partial charge in [0, 0.05) is 5.92 Å². The Kier molecular flexibility index (Phi) is 1.74. The summed E-state index contributed by atoms with van der Waals surface area (Å²) in [7, 11) is 0. The number of aliphatic hydroxyl groups is 1. The van der Waals surface area contributed by atoms with Gasteiger partial charge in [0.05, 0.1) is 6.10 Å². The van der Waals surface area contributed by atoms with E-state index in [0.29, 0.717) is 6.42 Å². The van der Waals surface area contributed by atoms with E-state index in [9.17, 15) is 9.90 Å². The predicted octanol–water partition coefficient (Wildman–Crippen LogP) is -0.187. The molecule has 0 radical (unpaired) electrons. The highest BCUT2D eigenvalue weighted by molar-refractivity contribution is 5.77. The molecule has 0 aromatic rings. The number of aliphatic hydroxyl groups excluding tert-OH is 1. The molecule has 0 aromatic heterocycles. The number of hydrogen-bond acceptors (Lipinski definition) is 5. The number of esters is 1. The van der Waals surface area contributed by atoms with Crippen LogP contribution in [0.3, 0.4) is 0 Å². The minimum Gasteiger partial charge on any atom is -0.457 e. The van der Waals surface area contributed by atoms with Gasteiger partial charge in [-0.25, -0.2) is 4.79 Å². The number of ether oxygens (including phenoxy) is 3. The first-order valence-electron chi connectivity index (χ1n) is 5.22. The summed E-state index contributed by atoms with van der Waals surface area (Å²) in [5.74, 6) is -1.30. The molecule has 2 aliphatic heterocycles. The van der Waals surface area contributed by atoms with Crippen LogP contribution in [0.15, 0.2) is 0 Å². The number of carbonyl (C=O) groups excluding carboxylic acids is 1. The lowest BCUT2D eigenvalue weighted by molar-refractivity contribution is -0.169. The van der Waals surface area contributed by atoms with E-state index in [-0.39, 0.29) is 24.2 Å². The van der Waals surface area contributed by atoms with Gasteiger partial charge in [0.2, 0.25) is 0 Å². The molecule has 5 heteroatoms. The first-order valence-corrected chi connectivity index (χ1v) is 5.22. The van der Waals surface area contributed by atoms with Crippen LogP contribution in [0, 0.1) is 5.92 Å². The van der Waals surface area contributed by atoms with Crippen molar-refractivity contribution in [2.24, 2.45) is 5.92 Å². The highest BCUT2D eigenvalue weighted by Gasteiger charge is 2.61. The average Bonchev–Trinajstić information content (AvgIpc) is 2.66. The molecule has 0 amide bonds. The second kappa shape index (κ2) is 2.72. The molecular formula is C10H14O5. The van der Waals surface area contributed by atoms with Gasteiger partial charge in [-0.3, -0.25) is 0 Å². The Morgan fingerprint density at radius 2 is 2.07 bits per heavy atom. The van der Waals surface area contributed by atoms with Crippen molar-refractivity contribution >= 4 is 5.97 Å². The van der Waals surface area contributed by atoms with Crippen molar-refractivity contribution in [2.75, 3.05) is 0 Å². The molecule has 2 heterocycles. The van der Waals surface area contributed by atoms with Gasteiger partial charge in [0.15, 0.2) is 11.9 Å². The molecule has 5 atom stereocenters. The van der Waals surface area contributed by atoms with Gasteiger partial charge < -0.3 is 19.3 Å². The molecule has 2 saturated heterocycles. The smallest absolute Gasteiger partial charge is 0.335 e. The predicted molar refractivity (Wildman–Crippen MR) is 47.8 cm³/mol. The van der Waals surface area contributed by atoms with Crippen molar-refractivity contribution in [1.82, 2.24) is 0 Å². The van der Waals surface area contributed by atoms with E-state index in [1.54, 1.807) is 0 Å². The monoisotopic (exact) mass is 214 g/mol. The Morgan fingerprint density at radius 3 is 2.80 bits per heavy atom. The quantitative estimate of drug-likeness (QED) is 0.566. The molecule has 15 heavy (non-hydrogen) atoms. The molecular weight excluding hydrogens is 200 g/mol. The standard InChI is InChI=1S/C10H14O5/c1-10(2)14-5-3-4-6(11)9(12)13-7(4)8(5)15-10/h4-8,11H,3H2,1-2H3/t4-,5+,6-,7+,8+/m1/s1. The summed E-state index contributed by atoms with van der Waals surface area (Å²) in [5, 5.41) is 9.57. The summed E-state index contributed by atoms with van der Waals surface area (Å²) in [4.78, 5) is 11.2. The fourth-order valence-electron chi connectivity index (χ4n) is 2.81. The van der Waals surface area contributed by atoms with Crippen molar-refractivity contribution < 1.29 is 24.1 Å². The van der Waals surface area contributed by atoms with Crippen LogP contribution in [-0.4, -0.2) is 41.3 Å². The van der Waals surface area contributed by atoms with Crippen molar-refractivity contribution in [3.8, 4) is 0 Å². The number of fused-ring (bicyclic) bond motifs is 3. The van der Waals surface area contributed by atoms with E-state index in [1.807, 2.05) is 13.8 Å². The Bertz CT molecular complexity index is 313. The van der Waals surface area contributed by atoms with Crippen LogP contribution in [0.25, 0.3) is 0 Å². The van der Waals surface area contributed by atoms with Crippen LogP contribution in [0.2, 0.25) is 0 Å². The van der Waals surface area contributed by atoms with Crippen LogP contribution in [0.4, 0.5) is 0 Å². The van der Waals surface area contributed by atoms with Crippen molar-refractivity contribution in [3.05, 3.63) is 0 Å². The first kappa shape index (κ1) is 9.57. The van der Waals surface area contributed by atoms with Gasteiger partial charge in [-0.1, -0.05) is 0 Å². The summed E-state index contributed by atoms with van der Waals surface area (Å²) in [6.45, 7) is 3.68. The van der Waals surface area contributed by atoms with E-state index in [0.717, 1.165) is 0 Å². The minimum atomic E-state index is -1.00. The van der Waals surface area contributed by atoms with Crippen LogP contribution in [0.5, 0.6) is 0 Å². The van der Waals surface area contributed by atoms with E-state index in [4.69, 9.17) is 14.2 Å². The molecule has 0 bridgehead atoms. The topological polar surface area (TPSA) is 65.0 Å². The fraction of sp³-hybridized carbons (Fsp3) is 0.900. The Labute approximate surface area is 87.3 Å². The fourth-order valence-corrected chi connectivity index (χ4v) is 2.81. The van der Waals surface area contributed by atoms with Crippen LogP contribution in [-0.2, 0) is 19.0 Å². The first-order chi connectivity index (χ1) is 6.98. The third kappa shape index (κ3) is 1.23. The average molecular weight is 214 g/mol. The maximum atomic E-state index is 11.2. The van der Waals surface area contributed by atoms with Crippen molar-refractivity contribution in [1.29, 1.82) is 0 Å². The van der Waals surface area contributed by atoms with E-state index in [1.165, 1.54) is 0 Å². The summed E-state index contributed by atoms with van der Waals surface area (Å²) < 4.78 is 16.5. The third-order valence-electron chi connectivity index (χ3n) is 3.37. The minimum absolute atomic E-state index is 0.0576. The lowest BCUT2D eigenvalue weighted by Crippen LogP contribution is -2.31. The van der Waals surface area contributed by atoms with Crippen LogP contribution in [0.1, 0.15) is 20.3 Å². The van der Waals surface area contributed by atoms with E-state index in [2.05, 4.69) is 0 Å². The molecule has 3 rings (SSSR count). The highest BCUT2D eigenvalue weighted by atomic mass is 16.8. The molecule has 1 N–H and O–H groups in total. The Hall–Kier alpha value is -0.650. The van der Waals surface area contributed by atoms with Gasteiger partial charge in [-0.2, -0.15) is 0 Å². The number of rotatable bonds is 0. The lowest BCUT2D eigenvalue weighted by Gasteiger charge is -2.21. The van der Waals surface area contributed by atoms with E-state index < -0.39 is 17.9 Å². The van der Waals surface area contributed by atoms with Gasteiger partial charge >= 0.3 is 5.97 Å². The SMILES string of the molecule is CC1(C)O[C@@H]2[C@H]3OC(=O)[C@H](O)[C@H]3C[C@@H]2O1. The van der Waals surface area contributed by atoms with Gasteiger partial charge in [0.25, 0.3) is 0 Å². The maximum Gasteiger partial charge on any atom is 0.335 e. The van der Waals surface area contributed by atoms with Gasteiger partial charge in [-0.15, -0.1) is 0 Å². The summed E-state index contributed by atoms with van der Waals surface area (Å²) in [5.41, 5.74) is 0. The van der Waals surface area contributed by atoms with Gasteiger partial charge in [0.1, 0.15) is 12.2 Å².